The van der Waals surface area contributed by atoms with Crippen LogP contribution in [0.25, 0.3) is 0 Å². The number of hydrogen-bond donors (Lipinski definition) is 0. The van der Waals surface area contributed by atoms with Crippen molar-refractivity contribution in [2.75, 3.05) is 26.2 Å². The highest BCUT2D eigenvalue weighted by Gasteiger charge is 2.18. The van der Waals surface area contributed by atoms with E-state index in [-0.39, 0.29) is 5.95 Å². The molecular weight excluding hydrogens is 286 g/mol. The molecule has 0 spiro atoms. The van der Waals surface area contributed by atoms with E-state index in [1.54, 1.807) is 30.3 Å². The van der Waals surface area contributed by atoms with Gasteiger partial charge in [-0.3, -0.25) is 0 Å². The lowest BCUT2D eigenvalue weighted by Crippen LogP contribution is -2.31. The van der Waals surface area contributed by atoms with Crippen molar-refractivity contribution in [3.05, 3.63) is 48.3 Å². The molecule has 1 heterocycles. The molecule has 2 aromatic rings. The average molecular weight is 303 g/mol. The Kier molecular flexibility index (Phi) is 5.40. The van der Waals surface area contributed by atoms with Gasteiger partial charge in [0.25, 0.3) is 0 Å². The van der Waals surface area contributed by atoms with E-state index in [4.69, 9.17) is 14.2 Å². The summed E-state index contributed by atoms with van der Waals surface area (Å²) in [7, 11) is 4.53. The van der Waals surface area contributed by atoms with Crippen LogP contribution in [0, 0.1) is 0 Å². The van der Waals surface area contributed by atoms with Gasteiger partial charge in [-0.15, -0.1) is 0 Å². The Morgan fingerprint density at radius 2 is 1.82 bits per heavy atom. The Bertz CT molecular complexity index is 617. The number of aromatic nitrogens is 2. The molecule has 0 aliphatic heterocycles. The summed E-state index contributed by atoms with van der Waals surface area (Å²) >= 11 is 0. The molecule has 0 saturated heterocycles. The first-order chi connectivity index (χ1) is 10.7. The van der Waals surface area contributed by atoms with Crippen molar-refractivity contribution < 1.29 is 19.0 Å². The maximum atomic E-state index is 12.1. The Morgan fingerprint density at radius 3 is 2.45 bits per heavy atom. The molecule has 0 bridgehead atoms. The number of nitrogens with zero attached hydrogens (tertiary/aromatic N) is 3. The molecule has 0 aliphatic carbocycles. The minimum atomic E-state index is -0.625. The number of carbonyl (C=O) groups excluding carboxylic acids is 1. The van der Waals surface area contributed by atoms with E-state index in [0.717, 1.165) is 0 Å². The summed E-state index contributed by atoms with van der Waals surface area (Å²) in [5.41, 5.74) is 0.509. The van der Waals surface area contributed by atoms with Gasteiger partial charge in [-0.2, -0.15) is 0 Å². The summed E-state index contributed by atoms with van der Waals surface area (Å²) in [6, 6.07) is 10.4. The molecule has 1 amide bonds. The molecule has 0 atom stereocenters. The molecule has 7 nitrogen and oxygen atoms in total. The smallest absolute Gasteiger partial charge is 0.410 e. The summed E-state index contributed by atoms with van der Waals surface area (Å²) in [5, 5.41) is 0. The minimum absolute atomic E-state index is 0.192. The van der Waals surface area contributed by atoms with Crippen molar-refractivity contribution in [2.45, 2.75) is 6.29 Å². The molecule has 0 radical (unpaired) electrons. The highest BCUT2D eigenvalue weighted by Crippen LogP contribution is 2.17. The van der Waals surface area contributed by atoms with Crippen LogP contribution >= 0.6 is 0 Å². The molecule has 116 valence electrons. The number of carbonyl (C=O) groups is 1. The third-order valence-electron chi connectivity index (χ3n) is 2.86. The molecule has 0 aliphatic rings. The van der Waals surface area contributed by atoms with Crippen LogP contribution in [0.4, 0.5) is 10.7 Å². The molecule has 1 aromatic heterocycles. The van der Waals surface area contributed by atoms with Crippen molar-refractivity contribution in [2.24, 2.45) is 0 Å². The van der Waals surface area contributed by atoms with Crippen LogP contribution in [0.15, 0.2) is 42.6 Å². The number of rotatable bonds is 5. The van der Waals surface area contributed by atoms with Gasteiger partial charge in [-0.05, 0) is 18.2 Å². The van der Waals surface area contributed by atoms with Gasteiger partial charge in [0.2, 0.25) is 12.2 Å². The van der Waals surface area contributed by atoms with Gasteiger partial charge in [-0.25, -0.2) is 19.7 Å². The van der Waals surface area contributed by atoms with Gasteiger partial charge in [-0.1, -0.05) is 18.2 Å². The fourth-order valence-corrected chi connectivity index (χ4v) is 1.73. The largest absolute Gasteiger partial charge is 0.421 e. The third-order valence-corrected chi connectivity index (χ3v) is 2.86. The molecule has 0 unspecified atom stereocenters. The summed E-state index contributed by atoms with van der Waals surface area (Å²) in [5.74, 6) is 0.639. The Morgan fingerprint density at radius 1 is 1.14 bits per heavy atom. The van der Waals surface area contributed by atoms with E-state index in [9.17, 15) is 4.79 Å². The lowest BCUT2D eigenvalue weighted by Gasteiger charge is -2.17. The molecule has 7 heteroatoms. The van der Waals surface area contributed by atoms with Crippen LogP contribution in [0.3, 0.4) is 0 Å². The SMILES string of the molecule is COC(OC)c1ccnc(N(C)C(=O)Oc2ccccc2)n1. The van der Waals surface area contributed by atoms with Crippen molar-refractivity contribution in [3.63, 3.8) is 0 Å². The second kappa shape index (κ2) is 7.48. The number of benzene rings is 1. The highest BCUT2D eigenvalue weighted by molar-refractivity contribution is 5.86. The Hall–Kier alpha value is -2.51. The zero-order valence-electron chi connectivity index (χ0n) is 12.6. The van der Waals surface area contributed by atoms with Crippen LogP contribution in [0.5, 0.6) is 5.75 Å². The summed E-state index contributed by atoms with van der Waals surface area (Å²) in [6.45, 7) is 0. The van der Waals surface area contributed by atoms with Crippen molar-refractivity contribution in [3.8, 4) is 5.75 Å². The molecule has 0 fully saturated rings. The quantitative estimate of drug-likeness (QED) is 0.790. The predicted molar refractivity (Wildman–Crippen MR) is 79.7 cm³/mol. The van der Waals surface area contributed by atoms with Crippen LogP contribution in [0.1, 0.15) is 12.0 Å². The molecule has 0 saturated carbocycles. The van der Waals surface area contributed by atoms with Gasteiger partial charge in [0.1, 0.15) is 11.4 Å². The van der Waals surface area contributed by atoms with E-state index in [1.807, 2.05) is 6.07 Å². The number of anilines is 1. The van der Waals surface area contributed by atoms with Crippen molar-refractivity contribution in [1.82, 2.24) is 9.97 Å². The normalized spacial score (nSPS) is 10.5. The summed E-state index contributed by atoms with van der Waals surface area (Å²) in [4.78, 5) is 21.6. The number of ether oxygens (including phenoxy) is 3. The zero-order valence-corrected chi connectivity index (χ0v) is 12.6. The zero-order chi connectivity index (χ0) is 15.9. The first-order valence-electron chi connectivity index (χ1n) is 6.55. The average Bonchev–Trinajstić information content (AvgIpc) is 2.56. The van der Waals surface area contributed by atoms with E-state index in [0.29, 0.717) is 11.4 Å². The summed E-state index contributed by atoms with van der Waals surface area (Å²) in [6.07, 6.45) is 0.310. The van der Waals surface area contributed by atoms with E-state index in [1.165, 1.54) is 32.4 Å². The first-order valence-corrected chi connectivity index (χ1v) is 6.55. The van der Waals surface area contributed by atoms with E-state index in [2.05, 4.69) is 9.97 Å². The highest BCUT2D eigenvalue weighted by atomic mass is 16.7. The minimum Gasteiger partial charge on any atom is -0.410 e. The Balaban J connectivity index is 2.13. The standard InChI is InChI=1S/C15H17N3O4/c1-18(15(19)22-11-7-5-4-6-8-11)14-16-10-9-12(17-14)13(20-2)21-3/h4-10,13H,1-3H3. The second-order valence-corrected chi connectivity index (χ2v) is 4.32. The maximum Gasteiger partial charge on any atom is 0.421 e. The van der Waals surface area contributed by atoms with E-state index < -0.39 is 12.4 Å². The number of amides is 1. The van der Waals surface area contributed by atoms with Crippen LogP contribution < -0.4 is 9.64 Å². The van der Waals surface area contributed by atoms with Crippen molar-refractivity contribution in [1.29, 1.82) is 0 Å². The molecule has 22 heavy (non-hydrogen) atoms. The van der Waals surface area contributed by atoms with Crippen LogP contribution in [-0.2, 0) is 9.47 Å². The Labute approximate surface area is 128 Å². The number of hydrogen-bond acceptors (Lipinski definition) is 6. The molecule has 0 N–H and O–H groups in total. The first kappa shape index (κ1) is 15.9. The van der Waals surface area contributed by atoms with Gasteiger partial charge < -0.3 is 14.2 Å². The maximum absolute atomic E-state index is 12.1. The lowest BCUT2D eigenvalue weighted by molar-refractivity contribution is -0.108. The van der Waals surface area contributed by atoms with Gasteiger partial charge in [0.05, 0.1) is 0 Å². The van der Waals surface area contributed by atoms with Crippen LogP contribution in [-0.4, -0.2) is 37.3 Å². The van der Waals surface area contributed by atoms with E-state index >= 15 is 0 Å². The second-order valence-electron chi connectivity index (χ2n) is 4.32. The predicted octanol–water partition coefficient (Wildman–Crippen LogP) is 2.40. The number of para-hydroxylation sites is 1. The molecular formula is C15H17N3O4. The van der Waals surface area contributed by atoms with Crippen molar-refractivity contribution >= 4 is 12.0 Å². The van der Waals surface area contributed by atoms with Gasteiger partial charge >= 0.3 is 6.09 Å². The number of methoxy groups -OCH3 is 2. The topological polar surface area (TPSA) is 73.8 Å². The third kappa shape index (κ3) is 3.78. The van der Waals surface area contributed by atoms with Crippen LogP contribution in [0.2, 0.25) is 0 Å². The lowest BCUT2D eigenvalue weighted by atomic mass is 10.3. The monoisotopic (exact) mass is 303 g/mol. The fraction of sp³-hybridized carbons (Fsp3) is 0.267. The van der Waals surface area contributed by atoms with Gasteiger partial charge in [0.15, 0.2) is 0 Å². The molecule has 1 aromatic carbocycles. The summed E-state index contributed by atoms with van der Waals surface area (Å²) < 4.78 is 15.5. The molecule has 2 rings (SSSR count). The van der Waals surface area contributed by atoms with Gasteiger partial charge in [0, 0.05) is 27.5 Å². The fourth-order valence-electron chi connectivity index (χ4n) is 1.73.